The zero-order valence-corrected chi connectivity index (χ0v) is 12.8. The number of nitriles is 2. The van der Waals surface area contributed by atoms with Gasteiger partial charge in [0.1, 0.15) is 5.75 Å². The van der Waals surface area contributed by atoms with E-state index in [2.05, 4.69) is 25.1 Å². The van der Waals surface area contributed by atoms with E-state index in [4.69, 9.17) is 10.00 Å². The number of hydrogen-bond donors (Lipinski definition) is 0. The molecule has 0 aliphatic carbocycles. The summed E-state index contributed by atoms with van der Waals surface area (Å²) in [6, 6.07) is 17.8. The van der Waals surface area contributed by atoms with Crippen LogP contribution in [0.2, 0.25) is 0 Å². The fourth-order valence-electron chi connectivity index (χ4n) is 2.48. The van der Waals surface area contributed by atoms with E-state index in [1.807, 2.05) is 24.3 Å². The maximum atomic E-state index is 9.50. The van der Waals surface area contributed by atoms with Crippen LogP contribution >= 0.6 is 0 Å². The number of hydrogen-bond acceptors (Lipinski definition) is 3. The number of rotatable bonds is 5. The van der Waals surface area contributed by atoms with Crippen LogP contribution in [0.4, 0.5) is 0 Å². The summed E-state index contributed by atoms with van der Waals surface area (Å²) in [6.45, 7) is 2.07. The Hall–Kier alpha value is -2.78. The van der Waals surface area contributed by atoms with Crippen LogP contribution in [0, 0.1) is 22.7 Å². The lowest BCUT2D eigenvalue weighted by Gasteiger charge is -2.13. The summed E-state index contributed by atoms with van der Waals surface area (Å²) in [7, 11) is 1.66. The molecular weight excluding hydrogens is 272 g/mol. The van der Waals surface area contributed by atoms with Crippen molar-refractivity contribution in [2.75, 3.05) is 7.11 Å². The van der Waals surface area contributed by atoms with Gasteiger partial charge in [0.05, 0.1) is 30.7 Å². The second-order valence-electron chi connectivity index (χ2n) is 5.12. The topological polar surface area (TPSA) is 56.8 Å². The number of methoxy groups -OCH3 is 1. The Morgan fingerprint density at radius 2 is 1.82 bits per heavy atom. The fraction of sp³-hybridized carbons (Fsp3) is 0.263. The maximum absolute atomic E-state index is 9.50. The van der Waals surface area contributed by atoms with Gasteiger partial charge >= 0.3 is 0 Å². The molecule has 2 aromatic rings. The van der Waals surface area contributed by atoms with Gasteiger partial charge in [-0.05, 0) is 47.7 Å². The maximum Gasteiger partial charge on any atom is 0.122 e. The van der Waals surface area contributed by atoms with Crippen LogP contribution in [-0.4, -0.2) is 7.11 Å². The van der Waals surface area contributed by atoms with Crippen LogP contribution in [0.3, 0.4) is 0 Å². The first kappa shape index (κ1) is 15.6. The molecule has 1 unspecified atom stereocenters. The second kappa shape index (κ2) is 7.29. The highest BCUT2D eigenvalue weighted by atomic mass is 16.5. The predicted molar refractivity (Wildman–Crippen MR) is 85.6 cm³/mol. The molecule has 0 radical (unpaired) electrons. The first-order valence-corrected chi connectivity index (χ1v) is 7.27. The van der Waals surface area contributed by atoms with Gasteiger partial charge in [-0.1, -0.05) is 31.2 Å². The van der Waals surface area contributed by atoms with Crippen LogP contribution in [-0.2, 0) is 12.8 Å². The Labute approximate surface area is 131 Å². The minimum atomic E-state index is -0.204. The molecule has 0 heterocycles. The van der Waals surface area contributed by atoms with Crippen LogP contribution < -0.4 is 4.74 Å². The largest absolute Gasteiger partial charge is 0.496 e. The monoisotopic (exact) mass is 290 g/mol. The number of nitrogens with zero attached hydrogens (tertiary/aromatic N) is 2. The summed E-state index contributed by atoms with van der Waals surface area (Å²) in [4.78, 5) is 0. The summed E-state index contributed by atoms with van der Waals surface area (Å²) in [5, 5.41) is 18.3. The summed E-state index contributed by atoms with van der Waals surface area (Å²) < 4.78 is 5.33. The van der Waals surface area contributed by atoms with Crippen molar-refractivity contribution in [2.45, 2.75) is 25.7 Å². The van der Waals surface area contributed by atoms with E-state index < -0.39 is 0 Å². The molecule has 3 heteroatoms. The lowest BCUT2D eigenvalue weighted by atomic mass is 9.91. The van der Waals surface area contributed by atoms with Crippen LogP contribution in [0.25, 0.3) is 0 Å². The highest BCUT2D eigenvalue weighted by Gasteiger charge is 2.14. The van der Waals surface area contributed by atoms with Crippen molar-refractivity contribution in [3.63, 3.8) is 0 Å². The molecule has 22 heavy (non-hydrogen) atoms. The van der Waals surface area contributed by atoms with Gasteiger partial charge < -0.3 is 4.74 Å². The van der Waals surface area contributed by atoms with Crippen molar-refractivity contribution in [1.29, 1.82) is 10.5 Å². The smallest absolute Gasteiger partial charge is 0.122 e. The van der Waals surface area contributed by atoms with Crippen molar-refractivity contribution >= 4 is 0 Å². The number of benzene rings is 2. The molecule has 3 nitrogen and oxygen atoms in total. The SMILES string of the molecule is CCc1cc(C(C#N)Cc2ccc(C#N)cc2)ccc1OC. The zero-order valence-electron chi connectivity index (χ0n) is 12.8. The van der Waals surface area contributed by atoms with Gasteiger partial charge in [-0.2, -0.15) is 10.5 Å². The molecule has 1 atom stereocenters. The van der Waals surface area contributed by atoms with Crippen LogP contribution in [0.1, 0.15) is 35.1 Å². The molecule has 0 spiro atoms. The van der Waals surface area contributed by atoms with E-state index in [0.717, 1.165) is 28.9 Å². The molecule has 0 N–H and O–H groups in total. The average molecular weight is 290 g/mol. The fourth-order valence-corrected chi connectivity index (χ4v) is 2.48. The third-order valence-electron chi connectivity index (χ3n) is 3.77. The van der Waals surface area contributed by atoms with Crippen molar-refractivity contribution in [2.24, 2.45) is 0 Å². The normalized spacial score (nSPS) is 11.3. The van der Waals surface area contributed by atoms with E-state index >= 15 is 0 Å². The van der Waals surface area contributed by atoms with Crippen molar-refractivity contribution < 1.29 is 4.74 Å². The summed E-state index contributed by atoms with van der Waals surface area (Å²) in [6.07, 6.45) is 1.50. The Morgan fingerprint density at radius 3 is 2.36 bits per heavy atom. The minimum absolute atomic E-state index is 0.204. The van der Waals surface area contributed by atoms with E-state index in [9.17, 15) is 5.26 Å². The molecule has 2 aromatic carbocycles. The molecule has 2 rings (SSSR count). The van der Waals surface area contributed by atoms with Gasteiger partial charge in [0.2, 0.25) is 0 Å². The molecule has 0 aromatic heterocycles. The van der Waals surface area contributed by atoms with Gasteiger partial charge in [-0.15, -0.1) is 0 Å². The highest BCUT2D eigenvalue weighted by molar-refractivity contribution is 5.41. The highest BCUT2D eigenvalue weighted by Crippen LogP contribution is 2.27. The van der Waals surface area contributed by atoms with Crippen LogP contribution in [0.5, 0.6) is 5.75 Å². The van der Waals surface area contributed by atoms with Crippen molar-refractivity contribution in [3.8, 4) is 17.9 Å². The standard InChI is InChI=1S/C19H18N2O/c1-3-16-11-17(8-9-19(16)22-2)18(13-21)10-14-4-6-15(12-20)7-5-14/h4-9,11,18H,3,10H2,1-2H3. The van der Waals surface area contributed by atoms with E-state index in [1.165, 1.54) is 0 Å². The predicted octanol–water partition coefficient (Wildman–Crippen LogP) is 3.98. The molecule has 0 amide bonds. The van der Waals surface area contributed by atoms with Gasteiger partial charge in [0, 0.05) is 0 Å². The number of ether oxygens (including phenoxy) is 1. The molecule has 0 aliphatic heterocycles. The van der Waals surface area contributed by atoms with Gasteiger partial charge in [-0.3, -0.25) is 0 Å². The first-order chi connectivity index (χ1) is 10.7. The lowest BCUT2D eigenvalue weighted by Crippen LogP contribution is -2.02. The second-order valence-corrected chi connectivity index (χ2v) is 5.12. The third kappa shape index (κ3) is 3.45. The molecule has 0 fully saturated rings. The van der Waals surface area contributed by atoms with Crippen LogP contribution in [0.15, 0.2) is 42.5 Å². The molecule has 0 aliphatic rings. The van der Waals surface area contributed by atoms with E-state index in [1.54, 1.807) is 19.2 Å². The Bertz CT molecular complexity index is 721. The average Bonchev–Trinajstić information content (AvgIpc) is 2.59. The quantitative estimate of drug-likeness (QED) is 0.837. The Morgan fingerprint density at radius 1 is 1.09 bits per heavy atom. The summed E-state index contributed by atoms with van der Waals surface area (Å²) in [5.41, 5.74) is 3.80. The third-order valence-corrected chi connectivity index (χ3v) is 3.77. The molecule has 0 saturated carbocycles. The van der Waals surface area contributed by atoms with E-state index in [-0.39, 0.29) is 5.92 Å². The Kier molecular flexibility index (Phi) is 5.17. The minimum Gasteiger partial charge on any atom is -0.496 e. The number of aryl methyl sites for hydroxylation is 1. The molecule has 110 valence electrons. The molecular formula is C19H18N2O. The summed E-state index contributed by atoms with van der Waals surface area (Å²) >= 11 is 0. The zero-order chi connectivity index (χ0) is 15.9. The van der Waals surface area contributed by atoms with Crippen molar-refractivity contribution in [3.05, 3.63) is 64.7 Å². The van der Waals surface area contributed by atoms with Gasteiger partial charge in [-0.25, -0.2) is 0 Å². The van der Waals surface area contributed by atoms with Gasteiger partial charge in [0.15, 0.2) is 0 Å². The molecule has 0 saturated heterocycles. The Balaban J connectivity index is 2.24. The first-order valence-electron chi connectivity index (χ1n) is 7.27. The summed E-state index contributed by atoms with van der Waals surface area (Å²) in [5.74, 6) is 0.658. The molecule has 0 bridgehead atoms. The van der Waals surface area contributed by atoms with E-state index in [0.29, 0.717) is 12.0 Å². The lowest BCUT2D eigenvalue weighted by molar-refractivity contribution is 0.410. The van der Waals surface area contributed by atoms with Gasteiger partial charge in [0.25, 0.3) is 0 Å². The van der Waals surface area contributed by atoms with Crippen molar-refractivity contribution in [1.82, 2.24) is 0 Å².